The van der Waals surface area contributed by atoms with E-state index in [1.807, 2.05) is 0 Å². The van der Waals surface area contributed by atoms with Gasteiger partial charge < -0.3 is 14.7 Å². The Bertz CT molecular complexity index is 1300. The number of hydrogen-bond acceptors (Lipinski definition) is 8. The van der Waals surface area contributed by atoms with Gasteiger partial charge in [-0.3, -0.25) is 4.79 Å². The zero-order chi connectivity index (χ0) is 23.7. The second-order valence-corrected chi connectivity index (χ2v) is 11.1. The maximum atomic E-state index is 13.4. The van der Waals surface area contributed by atoms with Crippen LogP contribution in [0.15, 0.2) is 28.8 Å². The molecule has 180 valence electrons. The number of nitrogens with one attached hydrogen (secondary N) is 1. The monoisotopic (exact) mass is 487 g/mol. The molecule has 5 rings (SSSR count). The van der Waals surface area contributed by atoms with Crippen molar-refractivity contribution < 1.29 is 22.1 Å². The largest absolute Gasteiger partial charge is 0.356 e. The van der Waals surface area contributed by atoms with Crippen LogP contribution >= 0.6 is 0 Å². The van der Waals surface area contributed by atoms with Crippen molar-refractivity contribution in [2.75, 3.05) is 29.5 Å². The first-order chi connectivity index (χ1) is 16.4. The van der Waals surface area contributed by atoms with Crippen molar-refractivity contribution in [1.82, 2.24) is 20.4 Å². The third-order valence-electron chi connectivity index (χ3n) is 6.31. The van der Waals surface area contributed by atoms with Crippen LogP contribution < -0.4 is 10.2 Å². The highest BCUT2D eigenvalue weighted by Gasteiger charge is 2.29. The fourth-order valence-corrected chi connectivity index (χ4v) is 6.24. The van der Waals surface area contributed by atoms with Gasteiger partial charge in [0.2, 0.25) is 5.91 Å². The normalized spacial score (nSPS) is 20.0. The molecule has 1 unspecified atom stereocenters. The van der Waals surface area contributed by atoms with Gasteiger partial charge in [-0.1, -0.05) is 5.16 Å². The van der Waals surface area contributed by atoms with Gasteiger partial charge in [0.05, 0.1) is 11.5 Å². The summed E-state index contributed by atoms with van der Waals surface area (Å²) >= 11 is 0. The number of amides is 1. The fraction of sp³-hybridized carbons (Fsp3) is 0.478. The van der Waals surface area contributed by atoms with Crippen LogP contribution in [0.2, 0.25) is 0 Å². The minimum absolute atomic E-state index is 0.00939. The second-order valence-electron chi connectivity index (χ2n) is 8.90. The summed E-state index contributed by atoms with van der Waals surface area (Å²) in [7, 11) is -3.06. The van der Waals surface area contributed by atoms with E-state index in [4.69, 9.17) is 9.51 Å². The summed E-state index contributed by atoms with van der Waals surface area (Å²) in [6.45, 7) is 1.69. The lowest BCUT2D eigenvalue weighted by atomic mass is 10.1. The lowest BCUT2D eigenvalue weighted by molar-refractivity contribution is -0.121. The predicted octanol–water partition coefficient (Wildman–Crippen LogP) is 2.65. The van der Waals surface area contributed by atoms with Crippen molar-refractivity contribution in [3.8, 4) is 11.3 Å². The van der Waals surface area contributed by atoms with Crippen molar-refractivity contribution in [3.63, 3.8) is 0 Å². The molecule has 3 aromatic rings. The standard InChI is InChI=1S/C23H26FN5O4S/c24-16-6-4-15(5-7-16)21-20-22(29-11-2-1-3-12-29)26-18(27-23(20)33-28-21)8-9-19(30)25-17-10-13-34(31,32)14-17/h4-7,17H,1-3,8-14H2,(H,25,30). The molecule has 2 aliphatic rings. The third-order valence-corrected chi connectivity index (χ3v) is 8.08. The Morgan fingerprint density at radius 1 is 1.15 bits per heavy atom. The van der Waals surface area contributed by atoms with E-state index in [1.54, 1.807) is 12.1 Å². The van der Waals surface area contributed by atoms with E-state index < -0.39 is 9.84 Å². The van der Waals surface area contributed by atoms with Crippen molar-refractivity contribution in [2.45, 2.75) is 44.6 Å². The molecule has 0 aliphatic carbocycles. The van der Waals surface area contributed by atoms with Crippen LogP contribution in [0, 0.1) is 5.82 Å². The van der Waals surface area contributed by atoms with Gasteiger partial charge in [-0.25, -0.2) is 17.8 Å². The molecule has 1 aromatic carbocycles. The minimum atomic E-state index is -3.06. The molecular weight excluding hydrogens is 461 g/mol. The molecule has 1 N–H and O–H groups in total. The highest BCUT2D eigenvalue weighted by Crippen LogP contribution is 2.35. The van der Waals surface area contributed by atoms with E-state index in [-0.39, 0.29) is 42.1 Å². The van der Waals surface area contributed by atoms with Gasteiger partial charge in [-0.2, -0.15) is 4.98 Å². The van der Waals surface area contributed by atoms with Gasteiger partial charge in [-0.05, 0) is 49.9 Å². The average Bonchev–Trinajstić information content (AvgIpc) is 3.41. The number of carbonyl (C=O) groups is 1. The summed E-state index contributed by atoms with van der Waals surface area (Å²) in [5.74, 6) is 0.713. The number of anilines is 1. The molecule has 4 heterocycles. The summed E-state index contributed by atoms with van der Waals surface area (Å²) in [4.78, 5) is 23.9. The van der Waals surface area contributed by atoms with Crippen molar-refractivity contribution in [3.05, 3.63) is 35.9 Å². The van der Waals surface area contributed by atoms with Gasteiger partial charge in [0.15, 0.2) is 9.84 Å². The number of halogens is 1. The minimum Gasteiger partial charge on any atom is -0.356 e. The first-order valence-corrected chi connectivity index (χ1v) is 13.4. The van der Waals surface area contributed by atoms with Crippen LogP contribution in [-0.4, -0.2) is 60.1 Å². The smallest absolute Gasteiger partial charge is 0.263 e. The maximum absolute atomic E-state index is 13.4. The molecule has 1 amide bonds. The zero-order valence-electron chi connectivity index (χ0n) is 18.7. The fourth-order valence-electron chi connectivity index (χ4n) is 4.56. The first-order valence-electron chi connectivity index (χ1n) is 11.5. The number of hydrogen-bond donors (Lipinski definition) is 1. The van der Waals surface area contributed by atoms with Crippen molar-refractivity contribution in [1.29, 1.82) is 0 Å². The number of aromatic nitrogens is 3. The number of sulfone groups is 1. The highest BCUT2D eigenvalue weighted by molar-refractivity contribution is 7.91. The average molecular weight is 488 g/mol. The summed E-state index contributed by atoms with van der Waals surface area (Å²) in [6.07, 6.45) is 4.12. The Kier molecular flexibility index (Phi) is 6.20. The zero-order valence-corrected chi connectivity index (χ0v) is 19.5. The Labute approximate surface area is 196 Å². The summed E-state index contributed by atoms with van der Waals surface area (Å²) in [5, 5.41) is 7.68. The molecule has 9 nitrogen and oxygen atoms in total. The molecule has 34 heavy (non-hydrogen) atoms. The Morgan fingerprint density at radius 3 is 2.62 bits per heavy atom. The number of piperidine rings is 1. The maximum Gasteiger partial charge on any atom is 0.263 e. The van der Waals surface area contributed by atoms with Crippen LogP contribution in [0.25, 0.3) is 22.4 Å². The number of rotatable bonds is 6. The Morgan fingerprint density at radius 2 is 1.91 bits per heavy atom. The Balaban J connectivity index is 1.40. The number of carbonyl (C=O) groups excluding carboxylic acids is 1. The SMILES string of the molecule is O=C(CCc1nc(N2CCCCC2)c2c(-c3ccc(F)cc3)noc2n1)NC1CCS(=O)(=O)C1. The van der Waals surface area contributed by atoms with Crippen LogP contribution in [0.3, 0.4) is 0 Å². The molecule has 0 bridgehead atoms. The van der Waals surface area contributed by atoms with Gasteiger partial charge >= 0.3 is 0 Å². The predicted molar refractivity (Wildman–Crippen MR) is 125 cm³/mol. The van der Waals surface area contributed by atoms with Gasteiger partial charge in [-0.15, -0.1) is 0 Å². The number of aryl methyl sites for hydroxylation is 1. The van der Waals surface area contributed by atoms with Gasteiger partial charge in [0, 0.05) is 37.5 Å². The molecule has 2 fully saturated rings. The Hall–Kier alpha value is -3.08. The van der Waals surface area contributed by atoms with Crippen LogP contribution in [0.5, 0.6) is 0 Å². The topological polar surface area (TPSA) is 118 Å². The lowest BCUT2D eigenvalue weighted by Crippen LogP contribution is -2.35. The van der Waals surface area contributed by atoms with Crippen molar-refractivity contribution in [2.24, 2.45) is 0 Å². The molecule has 2 aromatic heterocycles. The van der Waals surface area contributed by atoms with Gasteiger partial charge in [0.25, 0.3) is 5.71 Å². The summed E-state index contributed by atoms with van der Waals surface area (Å²) < 4.78 is 42.2. The quantitative estimate of drug-likeness (QED) is 0.564. The summed E-state index contributed by atoms with van der Waals surface area (Å²) in [5.41, 5.74) is 1.59. The van der Waals surface area contributed by atoms with Crippen LogP contribution in [-0.2, 0) is 21.1 Å². The molecule has 0 radical (unpaired) electrons. The van der Waals surface area contributed by atoms with E-state index in [0.717, 1.165) is 32.4 Å². The van der Waals surface area contributed by atoms with E-state index in [9.17, 15) is 17.6 Å². The third kappa shape index (κ3) is 4.89. The molecule has 0 spiro atoms. The molecule has 2 aliphatic heterocycles. The van der Waals surface area contributed by atoms with E-state index in [2.05, 4.69) is 20.4 Å². The van der Waals surface area contributed by atoms with E-state index >= 15 is 0 Å². The number of fused-ring (bicyclic) bond motifs is 1. The second kappa shape index (κ2) is 9.28. The molecule has 0 saturated carbocycles. The van der Waals surface area contributed by atoms with E-state index in [0.29, 0.717) is 40.4 Å². The lowest BCUT2D eigenvalue weighted by Gasteiger charge is -2.28. The van der Waals surface area contributed by atoms with Gasteiger partial charge in [0.1, 0.15) is 28.5 Å². The molecule has 2 saturated heterocycles. The van der Waals surface area contributed by atoms with Crippen LogP contribution in [0.4, 0.5) is 10.2 Å². The molecule has 1 atom stereocenters. The number of benzene rings is 1. The first kappa shape index (κ1) is 22.7. The summed E-state index contributed by atoms with van der Waals surface area (Å²) in [6, 6.07) is 5.71. The van der Waals surface area contributed by atoms with Crippen molar-refractivity contribution >= 4 is 32.7 Å². The number of nitrogens with zero attached hydrogens (tertiary/aromatic N) is 4. The molecule has 11 heteroatoms. The highest BCUT2D eigenvalue weighted by atomic mass is 32.2. The van der Waals surface area contributed by atoms with Crippen LogP contribution in [0.1, 0.15) is 37.9 Å². The molecular formula is C23H26FN5O4S. The van der Waals surface area contributed by atoms with E-state index in [1.165, 1.54) is 12.1 Å².